The molecule has 1 aliphatic rings. The smallest absolute Gasteiger partial charge is 0.347 e. The number of ketones is 1. The summed E-state index contributed by atoms with van der Waals surface area (Å²) in [7, 11) is 0. The van der Waals surface area contributed by atoms with Crippen LogP contribution in [-0.2, 0) is 6.61 Å². The van der Waals surface area contributed by atoms with Crippen molar-refractivity contribution in [2.24, 2.45) is 0 Å². The van der Waals surface area contributed by atoms with E-state index >= 15 is 0 Å². The molecule has 188 valence electrons. The maximum absolute atomic E-state index is 13.2. The van der Waals surface area contributed by atoms with Gasteiger partial charge in [-0.2, -0.15) is 0 Å². The van der Waals surface area contributed by atoms with Crippen LogP contribution in [0.25, 0.3) is 17.0 Å². The first kappa shape index (κ1) is 23.4. The molecule has 2 aromatic heterocycles. The standard InChI is InChI=1S/C31H22O7/c1-18-8-9-22(35-18)16-28-30(32)24-12-10-23(15-27(24)38-28)37-31(33)29-19(2)36-26-13-11-21(14-25(26)29)34-17-20-6-4-3-5-7-20/h3-16H,17H2,1-2H3/b28-16-. The van der Waals surface area contributed by atoms with Gasteiger partial charge in [0.15, 0.2) is 5.76 Å². The van der Waals surface area contributed by atoms with Crippen molar-refractivity contribution in [3.05, 3.63) is 119 Å². The van der Waals surface area contributed by atoms with E-state index in [0.29, 0.717) is 51.7 Å². The van der Waals surface area contributed by atoms with Gasteiger partial charge in [-0.05, 0) is 61.9 Å². The number of hydrogen-bond donors (Lipinski definition) is 0. The number of Topliss-reactive ketones (excluding diaryl/α,β-unsaturated/α-hetero) is 1. The minimum absolute atomic E-state index is 0.137. The van der Waals surface area contributed by atoms with Crippen LogP contribution in [0.2, 0.25) is 0 Å². The molecule has 0 saturated heterocycles. The number of fused-ring (bicyclic) bond motifs is 2. The fourth-order valence-corrected chi connectivity index (χ4v) is 4.33. The fourth-order valence-electron chi connectivity index (χ4n) is 4.33. The predicted octanol–water partition coefficient (Wildman–Crippen LogP) is 7.06. The summed E-state index contributed by atoms with van der Waals surface area (Å²) in [4.78, 5) is 25.9. The maximum Gasteiger partial charge on any atom is 0.347 e. The Bertz CT molecular complexity index is 1720. The third-order valence-corrected chi connectivity index (χ3v) is 6.17. The van der Waals surface area contributed by atoms with E-state index in [1.54, 1.807) is 55.5 Å². The third kappa shape index (κ3) is 4.46. The number of hydrogen-bond acceptors (Lipinski definition) is 7. The summed E-state index contributed by atoms with van der Waals surface area (Å²) in [6.45, 7) is 3.92. The largest absolute Gasteiger partial charge is 0.489 e. The number of esters is 1. The van der Waals surface area contributed by atoms with E-state index in [4.69, 9.17) is 23.0 Å². The van der Waals surface area contributed by atoms with E-state index in [2.05, 4.69) is 0 Å². The number of benzene rings is 3. The Balaban J connectivity index is 1.22. The van der Waals surface area contributed by atoms with Crippen molar-refractivity contribution < 1.29 is 32.6 Å². The molecule has 6 rings (SSSR count). The average Bonchev–Trinajstić information content (AvgIpc) is 3.57. The first-order valence-electron chi connectivity index (χ1n) is 12.0. The molecule has 0 saturated carbocycles. The van der Waals surface area contributed by atoms with E-state index < -0.39 is 5.97 Å². The zero-order chi connectivity index (χ0) is 26.2. The summed E-state index contributed by atoms with van der Waals surface area (Å²) in [6.07, 6.45) is 1.54. The quantitative estimate of drug-likeness (QED) is 0.138. The summed E-state index contributed by atoms with van der Waals surface area (Å²) in [5.41, 5.74) is 2.26. The highest BCUT2D eigenvalue weighted by molar-refractivity contribution is 6.14. The van der Waals surface area contributed by atoms with Gasteiger partial charge in [0.25, 0.3) is 0 Å². The SMILES string of the molecule is Cc1ccc(/C=C2\Oc3cc(OC(=O)c4c(C)oc5ccc(OCc6ccccc6)cc45)ccc3C2=O)o1. The zero-order valence-corrected chi connectivity index (χ0v) is 20.6. The molecule has 0 aliphatic carbocycles. The van der Waals surface area contributed by atoms with Gasteiger partial charge in [0, 0.05) is 17.5 Å². The summed E-state index contributed by atoms with van der Waals surface area (Å²) >= 11 is 0. The molecule has 7 heteroatoms. The number of ether oxygens (including phenoxy) is 3. The molecule has 0 atom stereocenters. The predicted molar refractivity (Wildman–Crippen MR) is 140 cm³/mol. The van der Waals surface area contributed by atoms with E-state index in [1.165, 1.54) is 6.07 Å². The van der Waals surface area contributed by atoms with E-state index in [-0.39, 0.29) is 17.3 Å². The summed E-state index contributed by atoms with van der Waals surface area (Å²) in [5.74, 6) is 2.09. The van der Waals surface area contributed by atoms with Gasteiger partial charge < -0.3 is 23.0 Å². The lowest BCUT2D eigenvalue weighted by Crippen LogP contribution is -2.09. The van der Waals surface area contributed by atoms with Crippen molar-refractivity contribution in [2.45, 2.75) is 20.5 Å². The van der Waals surface area contributed by atoms with Crippen molar-refractivity contribution in [2.75, 3.05) is 0 Å². The molecule has 5 aromatic rings. The second kappa shape index (κ2) is 9.44. The highest BCUT2D eigenvalue weighted by atomic mass is 16.5. The fraction of sp³-hybridized carbons (Fsp3) is 0.0968. The van der Waals surface area contributed by atoms with Crippen molar-refractivity contribution in [3.63, 3.8) is 0 Å². The van der Waals surface area contributed by atoms with Gasteiger partial charge in [-0.15, -0.1) is 0 Å². The van der Waals surface area contributed by atoms with Crippen LogP contribution in [-0.4, -0.2) is 11.8 Å². The summed E-state index contributed by atoms with van der Waals surface area (Å²) < 4.78 is 28.6. The Kier molecular flexibility index (Phi) is 5.81. The average molecular weight is 507 g/mol. The Morgan fingerprint density at radius 3 is 2.50 bits per heavy atom. The molecule has 0 N–H and O–H groups in total. The van der Waals surface area contributed by atoms with Crippen LogP contribution in [0.15, 0.2) is 93.5 Å². The van der Waals surface area contributed by atoms with E-state index in [0.717, 1.165) is 11.3 Å². The lowest BCUT2D eigenvalue weighted by atomic mass is 10.1. The van der Waals surface area contributed by atoms with Crippen LogP contribution < -0.4 is 14.2 Å². The third-order valence-electron chi connectivity index (χ3n) is 6.17. The second-order valence-electron chi connectivity index (χ2n) is 8.90. The number of aryl methyl sites for hydroxylation is 2. The molecule has 0 bridgehead atoms. The van der Waals surface area contributed by atoms with Crippen LogP contribution in [0.3, 0.4) is 0 Å². The minimum atomic E-state index is -0.590. The summed E-state index contributed by atoms with van der Waals surface area (Å²) in [5, 5.41) is 0.588. The van der Waals surface area contributed by atoms with Gasteiger partial charge in [-0.25, -0.2) is 4.79 Å². The van der Waals surface area contributed by atoms with Crippen molar-refractivity contribution in [1.29, 1.82) is 0 Å². The number of allylic oxidation sites excluding steroid dienone is 1. The van der Waals surface area contributed by atoms with Crippen LogP contribution >= 0.6 is 0 Å². The van der Waals surface area contributed by atoms with Gasteiger partial charge >= 0.3 is 5.97 Å². The molecule has 0 spiro atoms. The number of carbonyl (C=O) groups excluding carboxylic acids is 2. The Labute approximate surface area is 217 Å². The Morgan fingerprint density at radius 1 is 0.895 bits per heavy atom. The summed E-state index contributed by atoms with van der Waals surface area (Å²) in [6, 6.07) is 23.4. The van der Waals surface area contributed by atoms with E-state index in [1.807, 2.05) is 37.3 Å². The van der Waals surface area contributed by atoms with Crippen molar-refractivity contribution in [3.8, 4) is 17.2 Å². The molecule has 0 amide bonds. The van der Waals surface area contributed by atoms with Crippen molar-refractivity contribution in [1.82, 2.24) is 0 Å². The molecule has 0 fully saturated rings. The van der Waals surface area contributed by atoms with Gasteiger partial charge in [-0.1, -0.05) is 30.3 Å². The van der Waals surface area contributed by atoms with Crippen LogP contribution in [0, 0.1) is 13.8 Å². The van der Waals surface area contributed by atoms with Crippen molar-refractivity contribution >= 4 is 28.8 Å². The molecule has 0 unspecified atom stereocenters. The number of carbonyl (C=O) groups is 2. The molecule has 38 heavy (non-hydrogen) atoms. The molecule has 3 aromatic carbocycles. The normalized spacial score (nSPS) is 13.5. The van der Waals surface area contributed by atoms with Gasteiger partial charge in [0.05, 0.1) is 5.56 Å². The Morgan fingerprint density at radius 2 is 1.71 bits per heavy atom. The maximum atomic E-state index is 13.2. The van der Waals surface area contributed by atoms with Crippen LogP contribution in [0.4, 0.5) is 0 Å². The highest BCUT2D eigenvalue weighted by Gasteiger charge is 2.29. The molecular weight excluding hydrogens is 484 g/mol. The molecule has 7 nitrogen and oxygen atoms in total. The topological polar surface area (TPSA) is 88.1 Å². The highest BCUT2D eigenvalue weighted by Crippen LogP contribution is 2.36. The second-order valence-corrected chi connectivity index (χ2v) is 8.90. The zero-order valence-electron chi connectivity index (χ0n) is 20.6. The minimum Gasteiger partial charge on any atom is -0.489 e. The lowest BCUT2D eigenvalue weighted by molar-refractivity contribution is 0.0734. The monoisotopic (exact) mass is 506 g/mol. The van der Waals surface area contributed by atoms with Gasteiger partial charge in [0.1, 0.15) is 52.3 Å². The number of furan rings is 2. The van der Waals surface area contributed by atoms with Crippen LogP contribution in [0.5, 0.6) is 17.2 Å². The first-order chi connectivity index (χ1) is 18.4. The molecule has 1 aliphatic heterocycles. The lowest BCUT2D eigenvalue weighted by Gasteiger charge is -2.07. The molecular formula is C31H22O7. The van der Waals surface area contributed by atoms with Crippen LogP contribution in [0.1, 0.15) is 43.6 Å². The van der Waals surface area contributed by atoms with Gasteiger partial charge in [0.2, 0.25) is 5.78 Å². The molecule has 0 radical (unpaired) electrons. The molecule has 3 heterocycles. The first-order valence-corrected chi connectivity index (χ1v) is 12.0. The van der Waals surface area contributed by atoms with E-state index in [9.17, 15) is 9.59 Å². The Hall–Kier alpha value is -5.04. The number of rotatable bonds is 6. The van der Waals surface area contributed by atoms with Gasteiger partial charge in [-0.3, -0.25) is 4.79 Å².